The van der Waals surface area contributed by atoms with Crippen molar-refractivity contribution in [3.05, 3.63) is 35.9 Å². The summed E-state index contributed by atoms with van der Waals surface area (Å²) >= 11 is 0. The molecule has 19 heavy (non-hydrogen) atoms. The van der Waals surface area contributed by atoms with Crippen LogP contribution >= 0.6 is 0 Å². The summed E-state index contributed by atoms with van der Waals surface area (Å²) in [6, 6.07) is 4.27. The van der Waals surface area contributed by atoms with Gasteiger partial charge in [-0.15, -0.1) is 0 Å². The molecule has 0 saturated heterocycles. The third-order valence-corrected chi connectivity index (χ3v) is 3.11. The van der Waals surface area contributed by atoms with Crippen LogP contribution in [-0.2, 0) is 0 Å². The summed E-state index contributed by atoms with van der Waals surface area (Å²) in [5.41, 5.74) is 1.42. The number of carbonyl (C=O) groups is 1. The van der Waals surface area contributed by atoms with Gasteiger partial charge in [0.25, 0.3) is 0 Å². The van der Waals surface area contributed by atoms with E-state index in [4.69, 9.17) is 10.2 Å². The molecular formula is C15H20O4. The zero-order chi connectivity index (χ0) is 14.4. The van der Waals surface area contributed by atoms with Crippen LogP contribution in [0.15, 0.2) is 24.8 Å². The molecule has 0 spiro atoms. The van der Waals surface area contributed by atoms with Gasteiger partial charge in [-0.2, -0.15) is 0 Å². The fourth-order valence-electron chi connectivity index (χ4n) is 1.85. The quantitative estimate of drug-likeness (QED) is 0.707. The predicted octanol–water partition coefficient (Wildman–Crippen LogP) is 2.90. The van der Waals surface area contributed by atoms with Gasteiger partial charge >= 0.3 is 5.97 Å². The predicted molar refractivity (Wildman–Crippen MR) is 74.2 cm³/mol. The zero-order valence-electron chi connectivity index (χ0n) is 11.1. The molecule has 1 atom stereocenters. The first-order valence-corrected chi connectivity index (χ1v) is 6.31. The van der Waals surface area contributed by atoms with Crippen molar-refractivity contribution in [1.29, 1.82) is 0 Å². The van der Waals surface area contributed by atoms with Crippen LogP contribution in [0, 0.1) is 5.92 Å². The number of hydrogen-bond acceptors (Lipinski definition) is 3. The Balaban J connectivity index is 2.65. The standard InChI is InChI=1S/C15H20O4/c1-10(9-16)4-3-5-11(2)13-7-6-12(15(18)19)8-14(13)17/h6-8,10,16-17H,2-5,9H2,1H3,(H,18,19). The summed E-state index contributed by atoms with van der Waals surface area (Å²) in [6.45, 7) is 6.06. The molecule has 4 heteroatoms. The molecule has 1 rings (SSSR count). The maximum absolute atomic E-state index is 10.8. The molecule has 3 N–H and O–H groups in total. The molecule has 0 bridgehead atoms. The molecule has 0 amide bonds. The van der Waals surface area contributed by atoms with E-state index >= 15 is 0 Å². The highest BCUT2D eigenvalue weighted by atomic mass is 16.4. The lowest BCUT2D eigenvalue weighted by molar-refractivity contribution is 0.0696. The first-order valence-electron chi connectivity index (χ1n) is 6.31. The lowest BCUT2D eigenvalue weighted by Gasteiger charge is -2.11. The molecule has 0 aromatic heterocycles. The Morgan fingerprint density at radius 2 is 2.11 bits per heavy atom. The minimum Gasteiger partial charge on any atom is -0.507 e. The molecule has 1 aromatic rings. The average Bonchev–Trinajstić information content (AvgIpc) is 2.37. The van der Waals surface area contributed by atoms with Crippen molar-refractivity contribution in [2.75, 3.05) is 6.61 Å². The van der Waals surface area contributed by atoms with E-state index in [1.807, 2.05) is 6.92 Å². The number of aromatic carboxylic acids is 1. The lowest BCUT2D eigenvalue weighted by atomic mass is 9.97. The second kappa shape index (κ2) is 6.95. The minimum atomic E-state index is -1.07. The fourth-order valence-corrected chi connectivity index (χ4v) is 1.85. The van der Waals surface area contributed by atoms with Gasteiger partial charge in [-0.3, -0.25) is 0 Å². The Morgan fingerprint density at radius 1 is 1.42 bits per heavy atom. The van der Waals surface area contributed by atoms with E-state index in [1.54, 1.807) is 6.07 Å². The van der Waals surface area contributed by atoms with E-state index in [0.29, 0.717) is 12.0 Å². The monoisotopic (exact) mass is 264 g/mol. The number of aliphatic hydroxyl groups is 1. The second-order valence-corrected chi connectivity index (χ2v) is 4.82. The molecule has 0 radical (unpaired) electrons. The third-order valence-electron chi connectivity index (χ3n) is 3.11. The Hall–Kier alpha value is -1.81. The number of allylic oxidation sites excluding steroid dienone is 1. The van der Waals surface area contributed by atoms with Gasteiger partial charge in [-0.05, 0) is 42.9 Å². The van der Waals surface area contributed by atoms with E-state index in [2.05, 4.69) is 6.58 Å². The van der Waals surface area contributed by atoms with Gasteiger partial charge in [0.1, 0.15) is 5.75 Å². The number of phenols is 1. The zero-order valence-corrected chi connectivity index (χ0v) is 11.1. The number of phenolic OH excluding ortho intramolecular Hbond substituents is 1. The molecule has 0 aliphatic carbocycles. The van der Waals surface area contributed by atoms with Crippen molar-refractivity contribution in [3.8, 4) is 5.75 Å². The molecule has 0 saturated carbocycles. The number of aliphatic hydroxyl groups excluding tert-OH is 1. The number of hydrogen-bond donors (Lipinski definition) is 3. The first kappa shape index (κ1) is 15.2. The van der Waals surface area contributed by atoms with Crippen LogP contribution < -0.4 is 0 Å². The number of carboxylic acid groups (broad SMARTS) is 1. The summed E-state index contributed by atoms with van der Waals surface area (Å²) in [6.07, 6.45) is 2.48. The highest BCUT2D eigenvalue weighted by Gasteiger charge is 2.10. The van der Waals surface area contributed by atoms with E-state index in [-0.39, 0.29) is 23.8 Å². The summed E-state index contributed by atoms with van der Waals surface area (Å²) in [5.74, 6) is -0.861. The summed E-state index contributed by atoms with van der Waals surface area (Å²) < 4.78 is 0. The Labute approximate surface area is 113 Å². The fraction of sp³-hybridized carbons (Fsp3) is 0.400. The number of carboxylic acids is 1. The van der Waals surface area contributed by atoms with Gasteiger partial charge in [-0.25, -0.2) is 4.79 Å². The highest BCUT2D eigenvalue weighted by molar-refractivity contribution is 5.89. The van der Waals surface area contributed by atoms with E-state index in [9.17, 15) is 9.90 Å². The second-order valence-electron chi connectivity index (χ2n) is 4.82. The molecular weight excluding hydrogens is 244 g/mol. The van der Waals surface area contributed by atoms with Crippen molar-refractivity contribution in [2.24, 2.45) is 5.92 Å². The van der Waals surface area contributed by atoms with Crippen molar-refractivity contribution in [1.82, 2.24) is 0 Å². The SMILES string of the molecule is C=C(CCCC(C)CO)c1ccc(C(=O)O)cc1O. The lowest BCUT2D eigenvalue weighted by Crippen LogP contribution is -2.00. The van der Waals surface area contributed by atoms with Crippen LogP contribution in [-0.4, -0.2) is 27.9 Å². The van der Waals surface area contributed by atoms with Gasteiger partial charge in [0.2, 0.25) is 0 Å². The summed E-state index contributed by atoms with van der Waals surface area (Å²) in [5, 5.41) is 27.5. The third kappa shape index (κ3) is 4.41. The Morgan fingerprint density at radius 3 is 2.63 bits per heavy atom. The van der Waals surface area contributed by atoms with E-state index < -0.39 is 5.97 Å². The van der Waals surface area contributed by atoms with Crippen molar-refractivity contribution >= 4 is 11.5 Å². The van der Waals surface area contributed by atoms with Crippen LogP contribution in [0.1, 0.15) is 42.1 Å². The maximum atomic E-state index is 10.8. The minimum absolute atomic E-state index is 0.0555. The smallest absolute Gasteiger partial charge is 0.335 e. The summed E-state index contributed by atoms with van der Waals surface area (Å²) in [7, 11) is 0. The normalized spacial score (nSPS) is 12.1. The highest BCUT2D eigenvalue weighted by Crippen LogP contribution is 2.28. The van der Waals surface area contributed by atoms with Crippen LogP contribution in [0.5, 0.6) is 5.75 Å². The van der Waals surface area contributed by atoms with Crippen molar-refractivity contribution in [2.45, 2.75) is 26.2 Å². The number of rotatable bonds is 7. The maximum Gasteiger partial charge on any atom is 0.335 e. The topological polar surface area (TPSA) is 77.8 Å². The van der Waals surface area contributed by atoms with Gasteiger partial charge in [-0.1, -0.05) is 19.6 Å². The molecule has 0 aliphatic rings. The molecule has 0 aliphatic heterocycles. The molecule has 1 unspecified atom stereocenters. The average molecular weight is 264 g/mol. The van der Waals surface area contributed by atoms with Gasteiger partial charge in [0, 0.05) is 12.2 Å². The molecule has 1 aromatic carbocycles. The molecule has 0 fully saturated rings. The van der Waals surface area contributed by atoms with Crippen molar-refractivity contribution in [3.63, 3.8) is 0 Å². The number of benzene rings is 1. The Bertz CT molecular complexity index is 465. The molecule has 104 valence electrons. The molecule has 4 nitrogen and oxygen atoms in total. The summed E-state index contributed by atoms with van der Waals surface area (Å²) in [4.78, 5) is 10.8. The van der Waals surface area contributed by atoms with Crippen LogP contribution in [0.4, 0.5) is 0 Å². The van der Waals surface area contributed by atoms with Crippen molar-refractivity contribution < 1.29 is 20.1 Å². The van der Waals surface area contributed by atoms with Gasteiger partial charge in [0.05, 0.1) is 5.56 Å². The Kier molecular flexibility index (Phi) is 5.57. The van der Waals surface area contributed by atoms with E-state index in [0.717, 1.165) is 18.4 Å². The largest absolute Gasteiger partial charge is 0.507 e. The van der Waals surface area contributed by atoms with Crippen LogP contribution in [0.2, 0.25) is 0 Å². The van der Waals surface area contributed by atoms with Gasteiger partial charge < -0.3 is 15.3 Å². The first-order chi connectivity index (χ1) is 8.95. The number of aromatic hydroxyl groups is 1. The van der Waals surface area contributed by atoms with Crippen LogP contribution in [0.3, 0.4) is 0 Å². The van der Waals surface area contributed by atoms with Crippen LogP contribution in [0.25, 0.3) is 5.57 Å². The molecule has 0 heterocycles. The van der Waals surface area contributed by atoms with E-state index in [1.165, 1.54) is 12.1 Å². The van der Waals surface area contributed by atoms with Gasteiger partial charge in [0.15, 0.2) is 0 Å².